The second-order valence-corrected chi connectivity index (χ2v) is 12.7. The molecule has 3 aromatic rings. The minimum atomic E-state index is -4.24. The van der Waals surface area contributed by atoms with E-state index in [4.69, 9.17) is 23.2 Å². The van der Waals surface area contributed by atoms with Crippen LogP contribution in [0.4, 0.5) is 5.69 Å². The van der Waals surface area contributed by atoms with Crippen molar-refractivity contribution in [2.45, 2.75) is 51.6 Å². The van der Waals surface area contributed by atoms with Gasteiger partial charge in [0, 0.05) is 18.1 Å². The van der Waals surface area contributed by atoms with Crippen molar-refractivity contribution in [3.8, 4) is 0 Å². The van der Waals surface area contributed by atoms with Gasteiger partial charge < -0.3 is 10.2 Å². The zero-order valence-electron chi connectivity index (χ0n) is 23.1. The number of anilines is 1. The second kappa shape index (κ2) is 14.0. The molecule has 214 valence electrons. The van der Waals surface area contributed by atoms with Gasteiger partial charge >= 0.3 is 0 Å². The number of amides is 2. The summed E-state index contributed by atoms with van der Waals surface area (Å²) in [4.78, 5) is 28.7. The second-order valence-electron chi connectivity index (χ2n) is 9.99. The fraction of sp³-hybridized carbons (Fsp3) is 0.333. The molecule has 0 bridgehead atoms. The van der Waals surface area contributed by atoms with Crippen molar-refractivity contribution in [3.63, 3.8) is 0 Å². The van der Waals surface area contributed by atoms with E-state index in [1.165, 1.54) is 29.2 Å². The van der Waals surface area contributed by atoms with Gasteiger partial charge in [-0.25, -0.2) is 8.42 Å². The van der Waals surface area contributed by atoms with E-state index in [0.717, 1.165) is 15.4 Å². The van der Waals surface area contributed by atoms with Crippen LogP contribution in [-0.4, -0.2) is 44.3 Å². The minimum Gasteiger partial charge on any atom is -0.354 e. The lowest BCUT2D eigenvalue weighted by Crippen LogP contribution is -2.52. The smallest absolute Gasteiger partial charge is 0.264 e. The zero-order valence-corrected chi connectivity index (χ0v) is 25.4. The van der Waals surface area contributed by atoms with E-state index in [-0.39, 0.29) is 39.0 Å². The van der Waals surface area contributed by atoms with Crippen molar-refractivity contribution >= 4 is 50.7 Å². The number of hydrogen-bond acceptors (Lipinski definition) is 4. The molecule has 2 amide bonds. The average Bonchev–Trinajstić information content (AvgIpc) is 2.92. The van der Waals surface area contributed by atoms with E-state index >= 15 is 0 Å². The van der Waals surface area contributed by atoms with Crippen LogP contribution in [-0.2, 0) is 26.2 Å². The predicted octanol–water partition coefficient (Wildman–Crippen LogP) is 6.08. The minimum absolute atomic E-state index is 0.00160. The van der Waals surface area contributed by atoms with E-state index in [9.17, 15) is 18.0 Å². The Morgan fingerprint density at radius 3 is 2.20 bits per heavy atom. The highest BCUT2D eigenvalue weighted by molar-refractivity contribution is 7.92. The fourth-order valence-corrected chi connectivity index (χ4v) is 6.01. The predicted molar refractivity (Wildman–Crippen MR) is 161 cm³/mol. The van der Waals surface area contributed by atoms with Crippen molar-refractivity contribution in [1.29, 1.82) is 0 Å². The lowest BCUT2D eigenvalue weighted by atomic mass is 10.1. The summed E-state index contributed by atoms with van der Waals surface area (Å²) < 4.78 is 28.9. The molecule has 0 aliphatic rings. The van der Waals surface area contributed by atoms with Crippen LogP contribution in [0.1, 0.15) is 38.3 Å². The maximum Gasteiger partial charge on any atom is 0.264 e. The van der Waals surface area contributed by atoms with Crippen molar-refractivity contribution in [2.24, 2.45) is 5.92 Å². The summed E-state index contributed by atoms with van der Waals surface area (Å²) >= 11 is 12.7. The number of carbonyl (C=O) groups is 2. The van der Waals surface area contributed by atoms with Gasteiger partial charge in [-0.3, -0.25) is 13.9 Å². The Hall–Kier alpha value is -3.07. The van der Waals surface area contributed by atoms with Crippen LogP contribution in [0.15, 0.2) is 77.7 Å². The van der Waals surface area contributed by atoms with Gasteiger partial charge in [-0.2, -0.15) is 0 Å². The van der Waals surface area contributed by atoms with Gasteiger partial charge in [0.15, 0.2) is 0 Å². The van der Waals surface area contributed by atoms with Crippen molar-refractivity contribution in [2.75, 3.05) is 17.4 Å². The van der Waals surface area contributed by atoms with E-state index in [2.05, 4.69) is 5.32 Å². The molecule has 40 heavy (non-hydrogen) atoms. The summed E-state index contributed by atoms with van der Waals surface area (Å²) in [5.41, 5.74) is 1.76. The van der Waals surface area contributed by atoms with Crippen molar-refractivity contribution < 1.29 is 18.0 Å². The number of rotatable bonds is 12. The highest BCUT2D eigenvalue weighted by Crippen LogP contribution is 2.33. The molecule has 0 spiro atoms. The molecule has 10 heteroatoms. The maximum absolute atomic E-state index is 14.1. The Morgan fingerprint density at radius 1 is 0.950 bits per heavy atom. The van der Waals surface area contributed by atoms with Crippen LogP contribution in [0.5, 0.6) is 0 Å². The third-order valence-corrected chi connectivity index (χ3v) is 8.66. The third kappa shape index (κ3) is 7.99. The summed E-state index contributed by atoms with van der Waals surface area (Å²) in [7, 11) is -4.24. The first-order valence-electron chi connectivity index (χ1n) is 13.1. The molecule has 1 atom stereocenters. The molecular weight excluding hydrogens is 569 g/mol. The largest absolute Gasteiger partial charge is 0.354 e. The number of nitrogens with zero attached hydrogens (tertiary/aromatic N) is 2. The van der Waals surface area contributed by atoms with E-state index in [1.54, 1.807) is 18.2 Å². The molecule has 3 aromatic carbocycles. The molecule has 0 radical (unpaired) electrons. The van der Waals surface area contributed by atoms with Crippen molar-refractivity contribution in [1.82, 2.24) is 10.2 Å². The number of sulfonamides is 1. The Bertz CT molecular complexity index is 1410. The number of carbonyl (C=O) groups excluding carboxylic acids is 2. The molecular formula is C30H35Cl2N3O4S. The van der Waals surface area contributed by atoms with E-state index in [1.807, 2.05) is 58.0 Å². The van der Waals surface area contributed by atoms with Crippen molar-refractivity contribution in [3.05, 3.63) is 94.0 Å². The quantitative estimate of drug-likeness (QED) is 0.272. The van der Waals surface area contributed by atoms with Crippen LogP contribution in [0.25, 0.3) is 0 Å². The first kappa shape index (κ1) is 31.5. The Kier molecular flexibility index (Phi) is 11.0. The first-order chi connectivity index (χ1) is 18.9. The maximum atomic E-state index is 14.1. The monoisotopic (exact) mass is 603 g/mol. The Labute approximate surface area is 247 Å². The number of hydrogen-bond donors (Lipinski definition) is 1. The molecule has 0 saturated heterocycles. The van der Waals surface area contributed by atoms with Crippen LogP contribution >= 0.6 is 23.2 Å². The Morgan fingerprint density at radius 2 is 1.60 bits per heavy atom. The Balaban J connectivity index is 2.07. The van der Waals surface area contributed by atoms with Gasteiger partial charge in [-0.05, 0) is 55.2 Å². The van der Waals surface area contributed by atoms with Gasteiger partial charge in [0.25, 0.3) is 10.0 Å². The molecule has 1 N–H and O–H groups in total. The molecule has 0 aromatic heterocycles. The standard InChI is InChI=1S/C30H35Cl2N3O4S/c1-5-27(30(37)33-18-21(2)3)34(19-23-9-7-6-8-10-23)29(36)20-35(28-17-24(31)13-16-26(28)32)40(38,39)25-14-11-22(4)12-15-25/h6-17,21,27H,5,18-20H2,1-4H3,(H,33,37). The molecule has 0 saturated carbocycles. The number of halogens is 2. The molecule has 3 rings (SSSR count). The third-order valence-electron chi connectivity index (χ3n) is 6.33. The fourth-order valence-electron chi connectivity index (χ4n) is 4.15. The summed E-state index contributed by atoms with van der Waals surface area (Å²) in [5.74, 6) is -0.629. The molecule has 0 aliphatic heterocycles. The van der Waals surface area contributed by atoms with E-state index in [0.29, 0.717) is 13.0 Å². The summed E-state index contributed by atoms with van der Waals surface area (Å²) in [6.07, 6.45) is 0.338. The van der Waals surface area contributed by atoms with Crippen LogP contribution in [0.2, 0.25) is 10.0 Å². The molecule has 1 unspecified atom stereocenters. The SMILES string of the molecule is CCC(C(=O)NCC(C)C)N(Cc1ccccc1)C(=O)CN(c1cc(Cl)ccc1Cl)S(=O)(=O)c1ccc(C)cc1. The summed E-state index contributed by atoms with van der Waals surface area (Å²) in [6, 6.07) is 19.2. The lowest BCUT2D eigenvalue weighted by Gasteiger charge is -2.33. The number of benzene rings is 3. The van der Waals surface area contributed by atoms with Crippen LogP contribution < -0.4 is 9.62 Å². The first-order valence-corrected chi connectivity index (χ1v) is 15.3. The lowest BCUT2D eigenvalue weighted by molar-refractivity contribution is -0.140. The average molecular weight is 605 g/mol. The van der Waals surface area contributed by atoms with Gasteiger partial charge in [-0.15, -0.1) is 0 Å². The number of nitrogens with one attached hydrogen (secondary N) is 1. The van der Waals surface area contributed by atoms with Gasteiger partial charge in [-0.1, -0.05) is 92.0 Å². The number of aryl methyl sites for hydroxylation is 1. The van der Waals surface area contributed by atoms with Crippen LogP contribution in [0.3, 0.4) is 0 Å². The normalized spacial score (nSPS) is 12.2. The molecule has 0 aliphatic carbocycles. The zero-order chi connectivity index (χ0) is 29.4. The van der Waals surface area contributed by atoms with Crippen LogP contribution in [0, 0.1) is 12.8 Å². The van der Waals surface area contributed by atoms with E-state index < -0.39 is 28.5 Å². The summed E-state index contributed by atoms with van der Waals surface area (Å²) in [5, 5.41) is 3.29. The highest BCUT2D eigenvalue weighted by atomic mass is 35.5. The summed E-state index contributed by atoms with van der Waals surface area (Å²) in [6.45, 7) is 7.62. The van der Waals surface area contributed by atoms with Gasteiger partial charge in [0.2, 0.25) is 11.8 Å². The van der Waals surface area contributed by atoms with Gasteiger partial charge in [0.1, 0.15) is 12.6 Å². The molecule has 7 nitrogen and oxygen atoms in total. The van der Waals surface area contributed by atoms with Gasteiger partial charge in [0.05, 0.1) is 15.6 Å². The highest BCUT2D eigenvalue weighted by Gasteiger charge is 2.34. The molecule has 0 fully saturated rings. The topological polar surface area (TPSA) is 86.8 Å². The molecule has 0 heterocycles.